The van der Waals surface area contributed by atoms with Crippen molar-refractivity contribution in [1.82, 2.24) is 0 Å². The Kier molecular flexibility index (Phi) is 2.96. The lowest BCUT2D eigenvalue weighted by molar-refractivity contribution is -0.155. The zero-order valence-corrected chi connectivity index (χ0v) is 8.79. The van der Waals surface area contributed by atoms with Crippen molar-refractivity contribution < 1.29 is 14.3 Å². The van der Waals surface area contributed by atoms with Crippen LogP contribution in [0.1, 0.15) is 34.1 Å². The fourth-order valence-electron chi connectivity index (χ4n) is 0.978. The summed E-state index contributed by atoms with van der Waals surface area (Å²) in [6, 6.07) is 0. The highest BCUT2D eigenvalue weighted by Crippen LogP contribution is 2.31. The second kappa shape index (κ2) is 3.66. The van der Waals surface area contributed by atoms with E-state index in [0.717, 1.165) is 6.42 Å². The normalized spacial score (nSPS) is 27.1. The van der Waals surface area contributed by atoms with E-state index in [1.54, 1.807) is 0 Å². The molecular weight excluding hydrogens is 168 g/mol. The summed E-state index contributed by atoms with van der Waals surface area (Å²) >= 11 is 0. The van der Waals surface area contributed by atoms with Crippen LogP contribution in [-0.4, -0.2) is 24.8 Å². The van der Waals surface area contributed by atoms with Crippen LogP contribution in [0.3, 0.4) is 0 Å². The van der Waals surface area contributed by atoms with Gasteiger partial charge in [0.25, 0.3) is 0 Å². The molecule has 0 aromatic heterocycles. The summed E-state index contributed by atoms with van der Waals surface area (Å²) in [5.74, 6) is -0.139. The summed E-state index contributed by atoms with van der Waals surface area (Å²) in [6.07, 6.45) is 1.01. The Hall–Kier alpha value is -0.570. The van der Waals surface area contributed by atoms with Gasteiger partial charge in [0, 0.05) is 13.0 Å². The van der Waals surface area contributed by atoms with E-state index in [-0.39, 0.29) is 18.2 Å². The summed E-state index contributed by atoms with van der Waals surface area (Å²) < 4.78 is 10.5. The topological polar surface area (TPSA) is 35.5 Å². The summed E-state index contributed by atoms with van der Waals surface area (Å²) in [5.41, 5.74) is -0.403. The summed E-state index contributed by atoms with van der Waals surface area (Å²) in [4.78, 5) is 11.4. The minimum absolute atomic E-state index is 0.00618. The van der Waals surface area contributed by atoms with Gasteiger partial charge in [-0.15, -0.1) is 0 Å². The van der Waals surface area contributed by atoms with Crippen LogP contribution in [0.15, 0.2) is 0 Å². The molecule has 0 unspecified atom stereocenters. The highest BCUT2D eigenvalue weighted by Gasteiger charge is 2.43. The number of hydrogen-bond acceptors (Lipinski definition) is 3. The SMILES string of the molecule is CCO[C@@H]1C[C@@H]1OC(=O)C(C)(C)C. The molecule has 0 aliphatic heterocycles. The van der Waals surface area contributed by atoms with Crippen LogP contribution >= 0.6 is 0 Å². The van der Waals surface area contributed by atoms with Crippen molar-refractivity contribution >= 4 is 5.97 Å². The molecule has 1 fully saturated rings. The van der Waals surface area contributed by atoms with Gasteiger partial charge in [-0.3, -0.25) is 4.79 Å². The molecule has 0 spiro atoms. The van der Waals surface area contributed by atoms with Crippen LogP contribution < -0.4 is 0 Å². The molecule has 76 valence electrons. The van der Waals surface area contributed by atoms with Gasteiger partial charge in [-0.05, 0) is 27.7 Å². The minimum atomic E-state index is -0.403. The standard InChI is InChI=1S/C10H18O3/c1-5-12-7-6-8(7)13-9(11)10(2,3)4/h7-8H,5-6H2,1-4H3/t7-,8+/m1/s1. The van der Waals surface area contributed by atoms with E-state index in [1.807, 2.05) is 27.7 Å². The van der Waals surface area contributed by atoms with Gasteiger partial charge in [0.2, 0.25) is 0 Å². The quantitative estimate of drug-likeness (QED) is 0.630. The Labute approximate surface area is 79.4 Å². The Bertz CT molecular complexity index is 193. The van der Waals surface area contributed by atoms with Gasteiger partial charge in [-0.25, -0.2) is 0 Å². The molecule has 0 bridgehead atoms. The second-order valence-corrected chi connectivity index (χ2v) is 4.42. The predicted octanol–water partition coefficient (Wildman–Crippen LogP) is 1.75. The van der Waals surface area contributed by atoms with Crippen molar-refractivity contribution in [3.05, 3.63) is 0 Å². The highest BCUT2D eigenvalue weighted by molar-refractivity contribution is 5.75. The molecule has 1 rings (SSSR count). The lowest BCUT2D eigenvalue weighted by atomic mass is 9.97. The number of esters is 1. The first-order valence-electron chi connectivity index (χ1n) is 4.78. The lowest BCUT2D eigenvalue weighted by Gasteiger charge is -2.16. The first kappa shape index (κ1) is 10.5. The molecule has 0 radical (unpaired) electrons. The fraction of sp³-hybridized carbons (Fsp3) is 0.900. The van der Waals surface area contributed by atoms with Crippen LogP contribution in [0, 0.1) is 5.41 Å². The van der Waals surface area contributed by atoms with Crippen molar-refractivity contribution in [2.45, 2.75) is 46.3 Å². The minimum Gasteiger partial charge on any atom is -0.459 e. The number of carbonyl (C=O) groups is 1. The zero-order valence-electron chi connectivity index (χ0n) is 8.79. The van der Waals surface area contributed by atoms with Crippen LogP contribution in [0.4, 0.5) is 0 Å². The number of ether oxygens (including phenoxy) is 2. The first-order valence-corrected chi connectivity index (χ1v) is 4.78. The Morgan fingerprint density at radius 2 is 2.00 bits per heavy atom. The van der Waals surface area contributed by atoms with Gasteiger partial charge >= 0.3 is 5.97 Å². The van der Waals surface area contributed by atoms with Gasteiger partial charge in [0.1, 0.15) is 6.10 Å². The molecule has 0 aromatic carbocycles. The molecule has 1 aliphatic carbocycles. The zero-order chi connectivity index (χ0) is 10.1. The van der Waals surface area contributed by atoms with Crippen molar-refractivity contribution in [3.8, 4) is 0 Å². The predicted molar refractivity (Wildman–Crippen MR) is 49.4 cm³/mol. The van der Waals surface area contributed by atoms with Crippen molar-refractivity contribution in [3.63, 3.8) is 0 Å². The maximum Gasteiger partial charge on any atom is 0.311 e. The molecule has 3 nitrogen and oxygen atoms in total. The number of hydrogen-bond donors (Lipinski definition) is 0. The van der Waals surface area contributed by atoms with Crippen molar-refractivity contribution in [1.29, 1.82) is 0 Å². The summed E-state index contributed by atoms with van der Waals surface area (Å²) in [7, 11) is 0. The molecule has 0 N–H and O–H groups in total. The third kappa shape index (κ3) is 2.99. The van der Waals surface area contributed by atoms with E-state index in [2.05, 4.69) is 0 Å². The maximum atomic E-state index is 11.4. The van der Waals surface area contributed by atoms with E-state index in [0.29, 0.717) is 6.61 Å². The van der Waals surface area contributed by atoms with Crippen LogP contribution in [-0.2, 0) is 14.3 Å². The molecule has 0 heterocycles. The number of rotatable bonds is 3. The fourth-order valence-corrected chi connectivity index (χ4v) is 0.978. The highest BCUT2D eigenvalue weighted by atomic mass is 16.6. The number of carbonyl (C=O) groups excluding carboxylic acids is 1. The van der Waals surface area contributed by atoms with E-state index >= 15 is 0 Å². The van der Waals surface area contributed by atoms with E-state index < -0.39 is 5.41 Å². The molecule has 1 saturated carbocycles. The maximum absolute atomic E-state index is 11.4. The van der Waals surface area contributed by atoms with Crippen LogP contribution in [0.5, 0.6) is 0 Å². The largest absolute Gasteiger partial charge is 0.459 e. The average Bonchev–Trinajstić information content (AvgIpc) is 2.66. The first-order chi connectivity index (χ1) is 5.95. The smallest absolute Gasteiger partial charge is 0.311 e. The molecule has 0 amide bonds. The molecular formula is C10H18O3. The van der Waals surface area contributed by atoms with E-state index in [9.17, 15) is 4.79 Å². The summed E-state index contributed by atoms with van der Waals surface area (Å²) in [5, 5.41) is 0. The van der Waals surface area contributed by atoms with Crippen molar-refractivity contribution in [2.75, 3.05) is 6.61 Å². The van der Waals surface area contributed by atoms with Gasteiger partial charge in [0.05, 0.1) is 11.5 Å². The van der Waals surface area contributed by atoms with Gasteiger partial charge < -0.3 is 9.47 Å². The Morgan fingerprint density at radius 3 is 2.46 bits per heavy atom. The molecule has 0 saturated heterocycles. The van der Waals surface area contributed by atoms with Gasteiger partial charge in [-0.1, -0.05) is 0 Å². The summed E-state index contributed by atoms with van der Waals surface area (Å²) in [6.45, 7) is 8.20. The van der Waals surface area contributed by atoms with E-state index in [1.165, 1.54) is 0 Å². The van der Waals surface area contributed by atoms with E-state index in [4.69, 9.17) is 9.47 Å². The molecule has 2 atom stereocenters. The third-order valence-electron chi connectivity index (χ3n) is 1.93. The van der Waals surface area contributed by atoms with Crippen LogP contribution in [0.2, 0.25) is 0 Å². The Balaban J connectivity index is 2.25. The molecule has 3 heteroatoms. The van der Waals surface area contributed by atoms with Crippen molar-refractivity contribution in [2.24, 2.45) is 5.41 Å². The molecule has 0 aromatic rings. The monoisotopic (exact) mass is 186 g/mol. The van der Waals surface area contributed by atoms with Gasteiger partial charge in [0.15, 0.2) is 0 Å². The lowest BCUT2D eigenvalue weighted by Crippen LogP contribution is -2.24. The van der Waals surface area contributed by atoms with Crippen LogP contribution in [0.25, 0.3) is 0 Å². The Morgan fingerprint density at radius 1 is 1.38 bits per heavy atom. The molecule has 1 aliphatic rings. The second-order valence-electron chi connectivity index (χ2n) is 4.42. The average molecular weight is 186 g/mol. The molecule has 13 heavy (non-hydrogen) atoms. The van der Waals surface area contributed by atoms with Gasteiger partial charge in [-0.2, -0.15) is 0 Å². The third-order valence-corrected chi connectivity index (χ3v) is 1.93.